The van der Waals surface area contributed by atoms with Crippen molar-refractivity contribution in [3.05, 3.63) is 91.0 Å². The molecular weight excluding hydrogens is 405 g/mol. The zero-order valence-electron chi connectivity index (χ0n) is 18.5. The fourth-order valence-corrected chi connectivity index (χ4v) is 8.72. The number of benzene rings is 3. The van der Waals surface area contributed by atoms with E-state index in [0.717, 1.165) is 15.9 Å². The summed E-state index contributed by atoms with van der Waals surface area (Å²) in [6, 6.07) is 30.7. The number of hydrogen-bond donors (Lipinski definition) is 1. The van der Waals surface area contributed by atoms with E-state index in [2.05, 4.69) is 36.4 Å². The minimum atomic E-state index is -3.01. The molecule has 1 amide bonds. The van der Waals surface area contributed by atoms with E-state index < -0.39 is 13.0 Å². The van der Waals surface area contributed by atoms with Crippen LogP contribution in [0.1, 0.15) is 27.2 Å². The number of carbonyl (C=O) groups is 1. The minimum absolute atomic E-state index is 0.00213. The van der Waals surface area contributed by atoms with E-state index in [1.165, 1.54) is 0 Å². The number of carbonyl (C=O) groups excluding carboxylic acids is 1. The number of hydrogen-bond acceptors (Lipinski definition) is 3. The van der Waals surface area contributed by atoms with Crippen LogP contribution in [0.25, 0.3) is 0 Å². The van der Waals surface area contributed by atoms with Gasteiger partial charge in [0.2, 0.25) is 0 Å². The van der Waals surface area contributed by atoms with Gasteiger partial charge in [-0.05, 0) is 0 Å². The predicted octanol–water partition coefficient (Wildman–Crippen LogP) is 4.25. The van der Waals surface area contributed by atoms with Crippen LogP contribution in [0.4, 0.5) is 4.79 Å². The zero-order chi connectivity index (χ0) is 22.3. The van der Waals surface area contributed by atoms with E-state index in [1.54, 1.807) is 0 Å². The average Bonchev–Trinajstić information content (AvgIpc) is 2.77. The van der Waals surface area contributed by atoms with Crippen molar-refractivity contribution in [1.82, 2.24) is 4.67 Å². The number of amides is 1. The first-order chi connectivity index (χ1) is 14.9. The summed E-state index contributed by atoms with van der Waals surface area (Å²) < 4.78 is 7.80. The van der Waals surface area contributed by atoms with E-state index in [1.807, 2.05) is 80.0 Å². The van der Waals surface area contributed by atoms with Crippen LogP contribution in [0, 0.1) is 0 Å². The van der Waals surface area contributed by atoms with Crippen molar-refractivity contribution < 1.29 is 14.6 Å². The maximum atomic E-state index is 13.7. The zero-order valence-corrected chi connectivity index (χ0v) is 19.5. The van der Waals surface area contributed by atoms with Gasteiger partial charge < -0.3 is 0 Å². The van der Waals surface area contributed by atoms with Gasteiger partial charge >= 0.3 is 186 Å². The molecule has 0 aromatic heterocycles. The molecule has 0 fully saturated rings. The topological polar surface area (TPSA) is 49.8 Å². The summed E-state index contributed by atoms with van der Waals surface area (Å²) in [6.07, 6.45) is 0.115. The van der Waals surface area contributed by atoms with Crippen LogP contribution in [0.2, 0.25) is 0 Å². The van der Waals surface area contributed by atoms with Crippen molar-refractivity contribution in [3.63, 3.8) is 0 Å². The Morgan fingerprint density at radius 3 is 1.52 bits per heavy atom. The van der Waals surface area contributed by atoms with Gasteiger partial charge in [-0.1, -0.05) is 0 Å². The molecule has 0 aliphatic heterocycles. The predicted molar refractivity (Wildman–Crippen MR) is 131 cm³/mol. The first-order valence-electron chi connectivity index (χ1n) is 10.7. The summed E-state index contributed by atoms with van der Waals surface area (Å²) in [5.41, 5.74) is -0.626. The molecule has 3 rings (SSSR count). The molecule has 164 valence electrons. The Bertz CT molecular complexity index is 860. The van der Waals surface area contributed by atoms with E-state index >= 15 is 0 Å². The summed E-state index contributed by atoms with van der Waals surface area (Å²) >= 11 is 0. The van der Waals surface area contributed by atoms with Crippen LogP contribution < -0.4 is 15.9 Å². The molecule has 0 saturated carbocycles. The number of aliphatic hydroxyl groups is 1. The molecule has 1 N–H and O–H groups in total. The molecule has 0 atom stereocenters. The van der Waals surface area contributed by atoms with Gasteiger partial charge in [0, 0.05) is 0 Å². The quantitative estimate of drug-likeness (QED) is 0.563. The Kier molecular flexibility index (Phi) is 7.48. The Balaban J connectivity index is 2.35. The fraction of sp³-hybridized carbons (Fsp3) is 0.269. The Hall–Kier alpha value is -2.68. The summed E-state index contributed by atoms with van der Waals surface area (Å²) in [7, 11) is -3.01. The molecule has 5 heteroatoms. The molecule has 4 nitrogen and oxygen atoms in total. The number of ether oxygens (including phenoxy) is 1. The van der Waals surface area contributed by atoms with Crippen LogP contribution >= 0.6 is 7.41 Å². The number of rotatable bonds is 7. The standard InChI is InChI=1S/C26H32NO3P/c1-26(2,3)30-25(29)27(20-13-21-28)31(22-14-7-4-8-15-22,23-16-9-5-10-17-23)24-18-11-6-12-19-24/h4-12,14-19,28,31H,13,20-21H2,1-3H3. The van der Waals surface area contributed by atoms with Crippen molar-refractivity contribution in [2.45, 2.75) is 32.8 Å². The number of nitrogens with zero attached hydrogens (tertiary/aromatic N) is 1. The van der Waals surface area contributed by atoms with Crippen molar-refractivity contribution >= 4 is 29.4 Å². The van der Waals surface area contributed by atoms with Crippen LogP contribution in [-0.2, 0) is 4.74 Å². The fourth-order valence-electron chi connectivity index (χ4n) is 3.95. The van der Waals surface area contributed by atoms with Gasteiger partial charge in [-0.25, -0.2) is 0 Å². The monoisotopic (exact) mass is 437 g/mol. The molecule has 3 aromatic carbocycles. The van der Waals surface area contributed by atoms with E-state index in [9.17, 15) is 9.90 Å². The Morgan fingerprint density at radius 1 is 0.806 bits per heavy atom. The first kappa shape index (κ1) is 23.0. The Labute approximate surface area is 185 Å². The second kappa shape index (κ2) is 10.1. The molecule has 0 spiro atoms. The molecular formula is C26H32NO3P. The average molecular weight is 438 g/mol. The van der Waals surface area contributed by atoms with Crippen LogP contribution in [0.5, 0.6) is 0 Å². The molecule has 0 bridgehead atoms. The molecule has 0 unspecified atom stereocenters. The molecule has 31 heavy (non-hydrogen) atoms. The SMILES string of the molecule is CC(C)(C)OC(=O)N(CCCO)[PH](c1ccccc1)(c1ccccc1)c1ccccc1. The molecule has 0 aliphatic carbocycles. The van der Waals surface area contributed by atoms with Crippen molar-refractivity contribution in [2.75, 3.05) is 13.2 Å². The normalized spacial score (nSPS) is 12.3. The second-order valence-electron chi connectivity index (χ2n) is 8.52. The molecule has 0 saturated heterocycles. The van der Waals surface area contributed by atoms with E-state index in [-0.39, 0.29) is 12.7 Å². The maximum absolute atomic E-state index is 13.7. The van der Waals surface area contributed by atoms with Gasteiger partial charge in [0.25, 0.3) is 0 Å². The molecule has 3 aromatic rings. The van der Waals surface area contributed by atoms with Gasteiger partial charge in [0.05, 0.1) is 0 Å². The molecule has 0 heterocycles. The van der Waals surface area contributed by atoms with Gasteiger partial charge in [-0.2, -0.15) is 0 Å². The molecule has 0 aliphatic rings. The van der Waals surface area contributed by atoms with Gasteiger partial charge in [0.15, 0.2) is 0 Å². The van der Waals surface area contributed by atoms with Crippen molar-refractivity contribution in [2.24, 2.45) is 0 Å². The Morgan fingerprint density at radius 2 is 1.19 bits per heavy atom. The van der Waals surface area contributed by atoms with E-state index in [4.69, 9.17) is 4.74 Å². The van der Waals surface area contributed by atoms with E-state index in [0.29, 0.717) is 13.0 Å². The van der Waals surface area contributed by atoms with Gasteiger partial charge in [-0.3, -0.25) is 0 Å². The third-order valence-electron chi connectivity index (χ3n) is 5.13. The summed E-state index contributed by atoms with van der Waals surface area (Å²) in [5.74, 6) is 0. The molecule has 0 radical (unpaired) electrons. The van der Waals surface area contributed by atoms with Crippen LogP contribution in [-0.4, -0.2) is 34.6 Å². The van der Waals surface area contributed by atoms with Crippen LogP contribution in [0.3, 0.4) is 0 Å². The van der Waals surface area contributed by atoms with Gasteiger partial charge in [-0.15, -0.1) is 0 Å². The first-order valence-corrected chi connectivity index (χ1v) is 12.6. The third kappa shape index (κ3) is 5.15. The van der Waals surface area contributed by atoms with Crippen molar-refractivity contribution in [3.8, 4) is 0 Å². The second-order valence-corrected chi connectivity index (χ2v) is 12.2. The van der Waals surface area contributed by atoms with Gasteiger partial charge in [0.1, 0.15) is 0 Å². The van der Waals surface area contributed by atoms with Crippen LogP contribution in [0.15, 0.2) is 91.0 Å². The summed E-state index contributed by atoms with van der Waals surface area (Å²) in [6.45, 7) is 6.04. The summed E-state index contributed by atoms with van der Waals surface area (Å²) in [4.78, 5) is 13.7. The summed E-state index contributed by atoms with van der Waals surface area (Å²) in [5, 5.41) is 12.9. The third-order valence-corrected chi connectivity index (χ3v) is 9.86. The number of aliphatic hydroxyl groups excluding tert-OH is 1. The van der Waals surface area contributed by atoms with Crippen molar-refractivity contribution in [1.29, 1.82) is 0 Å².